The Morgan fingerprint density at radius 1 is 1.26 bits per heavy atom. The molecule has 0 N–H and O–H groups in total. The van der Waals surface area contributed by atoms with Gasteiger partial charge in [-0.3, -0.25) is 14.5 Å². The quantitative estimate of drug-likeness (QED) is 0.616. The second-order valence-corrected chi connectivity index (χ2v) is 6.68. The molecule has 1 saturated heterocycles. The normalized spacial score (nSPS) is 17.0. The summed E-state index contributed by atoms with van der Waals surface area (Å²) >= 11 is 0.984. The summed E-state index contributed by atoms with van der Waals surface area (Å²) in [6.07, 6.45) is 5.41. The lowest BCUT2D eigenvalue weighted by molar-refractivity contribution is -0.122. The third-order valence-electron chi connectivity index (χ3n) is 3.80. The fourth-order valence-corrected chi connectivity index (χ4v) is 3.54. The Morgan fingerprint density at radius 3 is 2.70 bits per heavy atom. The number of carbonyl (C=O) groups is 2. The van der Waals surface area contributed by atoms with Crippen LogP contribution in [0.15, 0.2) is 48.0 Å². The first-order chi connectivity index (χ1) is 11.0. The maximum absolute atomic E-state index is 12.3. The van der Waals surface area contributed by atoms with E-state index in [1.54, 1.807) is 6.08 Å². The molecule has 118 valence electrons. The number of amides is 2. The molecule has 2 amide bonds. The van der Waals surface area contributed by atoms with Gasteiger partial charge < -0.3 is 4.57 Å². The number of nitrogens with zero attached hydrogens (tertiary/aromatic N) is 2. The number of aromatic nitrogens is 1. The summed E-state index contributed by atoms with van der Waals surface area (Å²) in [5.41, 5.74) is 2.08. The van der Waals surface area contributed by atoms with E-state index in [9.17, 15) is 9.59 Å². The minimum Gasteiger partial charge on any atom is -0.344 e. The summed E-state index contributed by atoms with van der Waals surface area (Å²) in [7, 11) is 0. The topological polar surface area (TPSA) is 42.3 Å². The first-order valence-corrected chi connectivity index (χ1v) is 8.30. The molecule has 5 heteroatoms. The fourth-order valence-electron chi connectivity index (χ4n) is 2.70. The van der Waals surface area contributed by atoms with Crippen molar-refractivity contribution in [3.63, 3.8) is 0 Å². The number of hydrogen-bond acceptors (Lipinski definition) is 3. The maximum atomic E-state index is 12.3. The molecular weight excluding hydrogens is 308 g/mol. The second-order valence-electron chi connectivity index (χ2n) is 5.68. The van der Waals surface area contributed by atoms with Crippen LogP contribution in [-0.4, -0.2) is 27.2 Å². The van der Waals surface area contributed by atoms with E-state index in [2.05, 4.69) is 31.1 Å². The van der Waals surface area contributed by atoms with E-state index in [0.29, 0.717) is 10.9 Å². The van der Waals surface area contributed by atoms with Crippen LogP contribution in [0.3, 0.4) is 0 Å². The van der Waals surface area contributed by atoms with Gasteiger partial charge in [-0.05, 0) is 37.8 Å². The van der Waals surface area contributed by atoms with Crippen molar-refractivity contribution in [3.8, 4) is 0 Å². The highest BCUT2D eigenvalue weighted by Gasteiger charge is 2.34. The zero-order chi connectivity index (χ0) is 16.6. The van der Waals surface area contributed by atoms with Gasteiger partial charge in [-0.15, -0.1) is 6.58 Å². The highest BCUT2D eigenvalue weighted by atomic mass is 32.2. The molecule has 3 rings (SSSR count). The predicted molar refractivity (Wildman–Crippen MR) is 95.2 cm³/mol. The van der Waals surface area contributed by atoms with Gasteiger partial charge in [-0.25, -0.2) is 0 Å². The largest absolute Gasteiger partial charge is 0.344 e. The van der Waals surface area contributed by atoms with Crippen molar-refractivity contribution >= 4 is 39.9 Å². The van der Waals surface area contributed by atoms with Crippen LogP contribution in [0.4, 0.5) is 4.79 Å². The van der Waals surface area contributed by atoms with Crippen LogP contribution in [0.2, 0.25) is 0 Å². The SMILES string of the molecule is C=CCN1C(=O)S/C(=C/c2cn(C(C)C)c3ccccc23)C1=O. The van der Waals surface area contributed by atoms with Crippen LogP contribution in [0.25, 0.3) is 17.0 Å². The smallest absolute Gasteiger partial charge is 0.293 e. The Labute approximate surface area is 139 Å². The fraction of sp³-hybridized carbons (Fsp3) is 0.222. The Morgan fingerprint density at radius 2 is 2.00 bits per heavy atom. The average molecular weight is 326 g/mol. The van der Waals surface area contributed by atoms with Crippen LogP contribution in [0, 0.1) is 0 Å². The Balaban J connectivity index is 2.07. The molecule has 0 saturated carbocycles. The molecule has 1 aromatic heterocycles. The molecule has 2 aromatic rings. The van der Waals surface area contributed by atoms with Crippen LogP contribution in [-0.2, 0) is 4.79 Å². The average Bonchev–Trinajstić information content (AvgIpc) is 3.02. The van der Waals surface area contributed by atoms with Gasteiger partial charge in [0.1, 0.15) is 0 Å². The van der Waals surface area contributed by atoms with Crippen molar-refractivity contribution in [1.29, 1.82) is 0 Å². The maximum Gasteiger partial charge on any atom is 0.293 e. The van der Waals surface area contributed by atoms with E-state index in [4.69, 9.17) is 0 Å². The van der Waals surface area contributed by atoms with Crippen molar-refractivity contribution in [2.75, 3.05) is 6.54 Å². The highest BCUT2D eigenvalue weighted by molar-refractivity contribution is 8.18. The first-order valence-electron chi connectivity index (χ1n) is 7.48. The number of hydrogen-bond donors (Lipinski definition) is 0. The van der Waals surface area contributed by atoms with Gasteiger partial charge in [-0.2, -0.15) is 0 Å². The van der Waals surface area contributed by atoms with E-state index in [-0.39, 0.29) is 17.7 Å². The van der Waals surface area contributed by atoms with E-state index in [1.165, 1.54) is 4.90 Å². The van der Waals surface area contributed by atoms with E-state index >= 15 is 0 Å². The summed E-state index contributed by atoms with van der Waals surface area (Å²) < 4.78 is 2.18. The standard InChI is InChI=1S/C18H18N2O2S/c1-4-9-19-17(21)16(23-18(19)22)10-13-11-20(12(2)3)15-8-6-5-7-14(13)15/h4-8,10-12H,1,9H2,2-3H3/b16-10+. The lowest BCUT2D eigenvalue weighted by Gasteiger charge is -2.08. The molecule has 0 spiro atoms. The third-order valence-corrected chi connectivity index (χ3v) is 4.71. The van der Waals surface area contributed by atoms with Gasteiger partial charge in [-0.1, -0.05) is 24.3 Å². The van der Waals surface area contributed by atoms with Crippen molar-refractivity contribution in [1.82, 2.24) is 9.47 Å². The van der Waals surface area contributed by atoms with Crippen LogP contribution < -0.4 is 0 Å². The lowest BCUT2D eigenvalue weighted by atomic mass is 10.1. The first kappa shape index (κ1) is 15.6. The van der Waals surface area contributed by atoms with Crippen molar-refractivity contribution in [3.05, 3.63) is 53.6 Å². The molecule has 1 aliphatic heterocycles. The molecule has 0 bridgehead atoms. The highest BCUT2D eigenvalue weighted by Crippen LogP contribution is 2.34. The molecule has 1 aromatic carbocycles. The van der Waals surface area contributed by atoms with Crippen molar-refractivity contribution in [2.45, 2.75) is 19.9 Å². The Hall–Kier alpha value is -2.27. The molecule has 0 unspecified atom stereocenters. The van der Waals surface area contributed by atoms with Crippen LogP contribution >= 0.6 is 11.8 Å². The van der Waals surface area contributed by atoms with Crippen LogP contribution in [0.1, 0.15) is 25.5 Å². The zero-order valence-electron chi connectivity index (χ0n) is 13.2. The number of thioether (sulfide) groups is 1. The lowest BCUT2D eigenvalue weighted by Crippen LogP contribution is -2.27. The molecule has 0 atom stereocenters. The number of benzene rings is 1. The van der Waals surface area contributed by atoms with Gasteiger partial charge in [0.05, 0.1) is 4.91 Å². The molecule has 1 aliphatic rings. The van der Waals surface area contributed by atoms with Gasteiger partial charge in [0.25, 0.3) is 11.1 Å². The molecule has 1 fully saturated rings. The molecular formula is C18H18N2O2S. The molecule has 23 heavy (non-hydrogen) atoms. The summed E-state index contributed by atoms with van der Waals surface area (Å²) in [5, 5.41) is 0.838. The molecule has 0 aliphatic carbocycles. The Kier molecular flexibility index (Phi) is 4.13. The summed E-state index contributed by atoms with van der Waals surface area (Å²) in [4.78, 5) is 25.9. The summed E-state index contributed by atoms with van der Waals surface area (Å²) in [5.74, 6) is -0.249. The zero-order valence-corrected chi connectivity index (χ0v) is 14.0. The monoisotopic (exact) mass is 326 g/mol. The van der Waals surface area contributed by atoms with Crippen molar-refractivity contribution in [2.24, 2.45) is 0 Å². The number of carbonyl (C=O) groups excluding carboxylic acids is 2. The molecule has 0 radical (unpaired) electrons. The molecule has 2 heterocycles. The minimum atomic E-state index is -0.249. The molecule has 4 nitrogen and oxygen atoms in total. The van der Waals surface area contributed by atoms with Gasteiger partial charge in [0.2, 0.25) is 0 Å². The number of imide groups is 1. The second kappa shape index (κ2) is 6.08. The van der Waals surface area contributed by atoms with E-state index < -0.39 is 0 Å². The van der Waals surface area contributed by atoms with Crippen molar-refractivity contribution < 1.29 is 9.59 Å². The van der Waals surface area contributed by atoms with Gasteiger partial charge >= 0.3 is 0 Å². The third kappa shape index (κ3) is 2.72. The Bertz CT molecular complexity index is 833. The van der Waals surface area contributed by atoms with E-state index in [0.717, 1.165) is 28.2 Å². The number of para-hydroxylation sites is 1. The minimum absolute atomic E-state index is 0.242. The van der Waals surface area contributed by atoms with E-state index in [1.807, 2.05) is 30.5 Å². The number of rotatable bonds is 4. The van der Waals surface area contributed by atoms with Gasteiger partial charge in [0, 0.05) is 35.2 Å². The number of fused-ring (bicyclic) bond motifs is 1. The summed E-state index contributed by atoms with van der Waals surface area (Å²) in [6.45, 7) is 8.07. The predicted octanol–water partition coefficient (Wildman–Crippen LogP) is 4.44. The van der Waals surface area contributed by atoms with Gasteiger partial charge in [0.15, 0.2) is 0 Å². The summed E-state index contributed by atoms with van der Waals surface area (Å²) in [6, 6.07) is 8.40. The van der Waals surface area contributed by atoms with Crippen LogP contribution in [0.5, 0.6) is 0 Å².